The summed E-state index contributed by atoms with van der Waals surface area (Å²) in [4.78, 5) is 0. The van der Waals surface area contributed by atoms with Crippen molar-refractivity contribution in [2.24, 2.45) is 0 Å². The maximum absolute atomic E-state index is 12.8. The maximum atomic E-state index is 12.8. The van der Waals surface area contributed by atoms with Crippen molar-refractivity contribution in [3.05, 3.63) is 11.3 Å². The maximum Gasteiger partial charge on any atom is 0.252 e. The zero-order chi connectivity index (χ0) is 8.77. The summed E-state index contributed by atoms with van der Waals surface area (Å²) in [6.45, 7) is 0. The Kier molecular flexibility index (Phi) is 1.37. The van der Waals surface area contributed by atoms with Crippen molar-refractivity contribution in [2.45, 2.75) is 25.2 Å². The summed E-state index contributed by atoms with van der Waals surface area (Å²) >= 11 is 0. The fourth-order valence-electron chi connectivity index (χ4n) is 1.47. The second kappa shape index (κ2) is 2.18. The van der Waals surface area contributed by atoms with E-state index in [-0.39, 0.29) is 18.7 Å². The highest BCUT2D eigenvalue weighted by Crippen LogP contribution is 2.34. The van der Waals surface area contributed by atoms with Crippen LogP contribution in [0.25, 0.3) is 0 Å². The van der Waals surface area contributed by atoms with Crippen LogP contribution in [0.1, 0.15) is 17.7 Å². The Morgan fingerprint density at radius 3 is 3.00 bits per heavy atom. The van der Waals surface area contributed by atoms with Gasteiger partial charge in [0.05, 0.1) is 5.69 Å². The van der Waals surface area contributed by atoms with E-state index >= 15 is 0 Å². The molecule has 2 rings (SSSR count). The first-order valence-electron chi connectivity index (χ1n) is 3.78. The van der Waals surface area contributed by atoms with E-state index in [0.29, 0.717) is 17.7 Å². The molecular weight excluding hydrogens is 164 g/mol. The number of aryl methyl sites for hydroxylation is 1. The Morgan fingerprint density at radius 1 is 1.50 bits per heavy atom. The van der Waals surface area contributed by atoms with Crippen LogP contribution in [-0.4, -0.2) is 16.1 Å². The van der Waals surface area contributed by atoms with E-state index in [1.54, 1.807) is 0 Å². The van der Waals surface area contributed by atoms with E-state index < -0.39 is 5.92 Å². The van der Waals surface area contributed by atoms with Gasteiger partial charge in [-0.1, -0.05) is 0 Å². The van der Waals surface area contributed by atoms with E-state index in [0.717, 1.165) is 0 Å². The number of aromatic nitrogens is 2. The molecule has 1 aliphatic rings. The molecule has 0 saturated carbocycles. The Hall–Kier alpha value is -1.13. The van der Waals surface area contributed by atoms with E-state index in [4.69, 9.17) is 5.73 Å². The molecule has 0 spiro atoms. The first-order chi connectivity index (χ1) is 5.58. The summed E-state index contributed by atoms with van der Waals surface area (Å²) in [7, 11) is 0. The molecule has 3 N–H and O–H groups in total. The summed E-state index contributed by atoms with van der Waals surface area (Å²) < 4.78 is 25.7. The third-order valence-electron chi connectivity index (χ3n) is 2.15. The molecular formula is C7H9F2N3. The molecule has 12 heavy (non-hydrogen) atoms. The Balaban J connectivity index is 2.38. The van der Waals surface area contributed by atoms with Crippen molar-refractivity contribution in [1.82, 2.24) is 10.2 Å². The molecule has 0 radical (unpaired) electrons. The number of hydrogen-bond donors (Lipinski definition) is 2. The van der Waals surface area contributed by atoms with Crippen molar-refractivity contribution in [3.8, 4) is 0 Å². The van der Waals surface area contributed by atoms with E-state index in [1.165, 1.54) is 0 Å². The molecule has 1 aromatic rings. The van der Waals surface area contributed by atoms with Crippen molar-refractivity contribution in [1.29, 1.82) is 0 Å². The first kappa shape index (κ1) is 7.52. The number of nitrogen functional groups attached to an aromatic ring is 1. The monoisotopic (exact) mass is 173 g/mol. The molecule has 0 atom stereocenters. The van der Waals surface area contributed by atoms with Crippen LogP contribution in [0.15, 0.2) is 0 Å². The van der Waals surface area contributed by atoms with Crippen LogP contribution in [0.2, 0.25) is 0 Å². The van der Waals surface area contributed by atoms with Gasteiger partial charge in [-0.15, -0.1) is 0 Å². The SMILES string of the molecule is Nc1[nH]nc2c1CC(F)(F)CC2. The molecule has 0 aliphatic heterocycles. The standard InChI is InChI=1S/C7H9F2N3/c8-7(9)2-1-5-4(3-7)6(10)12-11-5/h1-3H2,(H3,10,11,12). The second-order valence-corrected chi connectivity index (χ2v) is 3.10. The summed E-state index contributed by atoms with van der Waals surface area (Å²) in [5.74, 6) is -2.32. The minimum Gasteiger partial charge on any atom is -0.384 e. The third kappa shape index (κ3) is 1.05. The Labute approximate surface area is 68.0 Å². The average molecular weight is 173 g/mol. The van der Waals surface area contributed by atoms with Crippen LogP contribution in [0.3, 0.4) is 0 Å². The zero-order valence-electron chi connectivity index (χ0n) is 6.40. The van der Waals surface area contributed by atoms with Gasteiger partial charge in [0.15, 0.2) is 0 Å². The number of anilines is 1. The van der Waals surface area contributed by atoms with Crippen molar-refractivity contribution in [3.63, 3.8) is 0 Å². The number of rotatable bonds is 0. The minimum atomic E-state index is -2.61. The van der Waals surface area contributed by atoms with Crippen molar-refractivity contribution in [2.75, 3.05) is 5.73 Å². The lowest BCUT2D eigenvalue weighted by Crippen LogP contribution is -2.25. The van der Waals surface area contributed by atoms with Crippen LogP contribution >= 0.6 is 0 Å². The molecule has 0 fully saturated rings. The van der Waals surface area contributed by atoms with Gasteiger partial charge in [-0.3, -0.25) is 5.10 Å². The smallest absolute Gasteiger partial charge is 0.252 e. The van der Waals surface area contributed by atoms with Crippen LogP contribution in [-0.2, 0) is 12.8 Å². The largest absolute Gasteiger partial charge is 0.384 e. The number of nitrogens with zero attached hydrogens (tertiary/aromatic N) is 1. The van der Waals surface area contributed by atoms with E-state index in [9.17, 15) is 8.78 Å². The van der Waals surface area contributed by atoms with Gasteiger partial charge in [-0.25, -0.2) is 8.78 Å². The first-order valence-corrected chi connectivity index (χ1v) is 3.78. The molecule has 0 unspecified atom stereocenters. The van der Waals surface area contributed by atoms with E-state index in [1.807, 2.05) is 0 Å². The van der Waals surface area contributed by atoms with Crippen LogP contribution in [0, 0.1) is 0 Å². The molecule has 3 nitrogen and oxygen atoms in total. The predicted molar refractivity (Wildman–Crippen MR) is 40.0 cm³/mol. The Bertz CT molecular complexity index is 306. The molecule has 0 amide bonds. The van der Waals surface area contributed by atoms with Gasteiger partial charge in [-0.2, -0.15) is 5.10 Å². The summed E-state index contributed by atoms with van der Waals surface area (Å²) in [5.41, 5.74) is 6.62. The minimum absolute atomic E-state index is 0.121. The number of hydrogen-bond acceptors (Lipinski definition) is 2. The molecule has 1 heterocycles. The lowest BCUT2D eigenvalue weighted by molar-refractivity contribution is -0.0123. The molecule has 1 aromatic heterocycles. The highest BCUT2D eigenvalue weighted by Gasteiger charge is 2.36. The molecule has 0 saturated heterocycles. The van der Waals surface area contributed by atoms with Gasteiger partial charge in [0.2, 0.25) is 0 Å². The average Bonchev–Trinajstić information content (AvgIpc) is 2.31. The van der Waals surface area contributed by atoms with E-state index in [2.05, 4.69) is 10.2 Å². The normalized spacial score (nSPS) is 20.5. The summed E-state index contributed by atoms with van der Waals surface area (Å²) in [5, 5.41) is 6.35. The van der Waals surface area contributed by atoms with Gasteiger partial charge in [0.1, 0.15) is 5.82 Å². The quantitative estimate of drug-likeness (QED) is 0.617. The number of fused-ring (bicyclic) bond motifs is 1. The summed E-state index contributed by atoms with van der Waals surface area (Å²) in [6, 6.07) is 0. The van der Waals surface area contributed by atoms with Gasteiger partial charge in [0, 0.05) is 18.4 Å². The number of nitrogens with two attached hydrogens (primary N) is 1. The van der Waals surface area contributed by atoms with Crippen molar-refractivity contribution < 1.29 is 8.78 Å². The Morgan fingerprint density at radius 2 is 2.25 bits per heavy atom. The van der Waals surface area contributed by atoms with Gasteiger partial charge in [0.25, 0.3) is 5.92 Å². The predicted octanol–water partition coefficient (Wildman–Crippen LogP) is 1.12. The topological polar surface area (TPSA) is 54.7 Å². The molecule has 0 bridgehead atoms. The molecule has 66 valence electrons. The summed E-state index contributed by atoms with van der Waals surface area (Å²) in [6.07, 6.45) is -0.0784. The number of nitrogens with one attached hydrogen (secondary N) is 1. The number of alkyl halides is 2. The third-order valence-corrected chi connectivity index (χ3v) is 2.15. The molecule has 0 aromatic carbocycles. The van der Waals surface area contributed by atoms with Gasteiger partial charge >= 0.3 is 0 Å². The van der Waals surface area contributed by atoms with Crippen LogP contribution in [0.4, 0.5) is 14.6 Å². The van der Waals surface area contributed by atoms with Crippen LogP contribution in [0.5, 0.6) is 0 Å². The molecule has 5 heteroatoms. The number of aromatic amines is 1. The lowest BCUT2D eigenvalue weighted by atomic mass is 9.94. The fourth-order valence-corrected chi connectivity index (χ4v) is 1.47. The fraction of sp³-hybridized carbons (Fsp3) is 0.571. The number of halogens is 2. The van der Waals surface area contributed by atoms with Gasteiger partial charge in [-0.05, 0) is 6.42 Å². The zero-order valence-corrected chi connectivity index (χ0v) is 6.40. The van der Waals surface area contributed by atoms with Crippen molar-refractivity contribution >= 4 is 5.82 Å². The second-order valence-electron chi connectivity index (χ2n) is 3.10. The van der Waals surface area contributed by atoms with Crippen LogP contribution < -0.4 is 5.73 Å². The highest BCUT2D eigenvalue weighted by molar-refractivity contribution is 5.44. The lowest BCUT2D eigenvalue weighted by Gasteiger charge is -2.20. The van der Waals surface area contributed by atoms with Gasteiger partial charge < -0.3 is 5.73 Å². The molecule has 1 aliphatic carbocycles. The highest BCUT2D eigenvalue weighted by atomic mass is 19.3. The number of H-pyrrole nitrogens is 1.